The Kier molecular flexibility index (Phi) is 6.76. The maximum atomic E-state index is 12.7. The van der Waals surface area contributed by atoms with E-state index in [1.807, 2.05) is 17.9 Å². The minimum atomic E-state index is -5.08. The summed E-state index contributed by atoms with van der Waals surface area (Å²) in [5.41, 5.74) is 0.775. The molecule has 0 aromatic carbocycles. The van der Waals surface area contributed by atoms with Crippen LogP contribution in [-0.2, 0) is 9.53 Å². The Balaban J connectivity index is 0.000000318. The number of aryl methyl sites for hydroxylation is 1. The lowest BCUT2D eigenvalue weighted by atomic mass is 9.89. The molecule has 0 radical (unpaired) electrons. The lowest BCUT2D eigenvalue weighted by molar-refractivity contribution is -0.192. The van der Waals surface area contributed by atoms with Crippen molar-refractivity contribution in [1.82, 2.24) is 9.80 Å². The molecule has 7 nitrogen and oxygen atoms in total. The van der Waals surface area contributed by atoms with Crippen molar-refractivity contribution in [2.45, 2.75) is 56.8 Å². The highest BCUT2D eigenvalue weighted by Gasteiger charge is 2.46. The van der Waals surface area contributed by atoms with Crippen molar-refractivity contribution < 1.29 is 37.0 Å². The predicted molar refractivity (Wildman–Crippen MR) is 100 cm³/mol. The molecular formula is C20H27F3N2O5. The first-order chi connectivity index (χ1) is 14.1. The van der Waals surface area contributed by atoms with Gasteiger partial charge in [0, 0.05) is 24.8 Å². The van der Waals surface area contributed by atoms with Gasteiger partial charge in [0.05, 0.1) is 18.4 Å². The van der Waals surface area contributed by atoms with Crippen LogP contribution < -0.4 is 0 Å². The Bertz CT molecular complexity index is 760. The van der Waals surface area contributed by atoms with Gasteiger partial charge in [-0.25, -0.2) is 4.79 Å². The Morgan fingerprint density at radius 3 is 2.47 bits per heavy atom. The van der Waals surface area contributed by atoms with Crippen molar-refractivity contribution >= 4 is 11.9 Å². The van der Waals surface area contributed by atoms with Gasteiger partial charge in [-0.2, -0.15) is 13.2 Å². The van der Waals surface area contributed by atoms with E-state index in [0.29, 0.717) is 18.3 Å². The minimum Gasteiger partial charge on any atom is -0.475 e. The quantitative estimate of drug-likeness (QED) is 0.774. The molecule has 10 heteroatoms. The van der Waals surface area contributed by atoms with E-state index in [0.717, 1.165) is 38.0 Å². The summed E-state index contributed by atoms with van der Waals surface area (Å²) in [5.74, 6) is -2.27. The molecule has 30 heavy (non-hydrogen) atoms. The van der Waals surface area contributed by atoms with Gasteiger partial charge in [0.1, 0.15) is 0 Å². The zero-order chi connectivity index (χ0) is 21.9. The monoisotopic (exact) mass is 432 g/mol. The molecule has 1 spiro atoms. The van der Waals surface area contributed by atoms with Crippen LogP contribution in [0.1, 0.15) is 48.2 Å². The van der Waals surface area contributed by atoms with Crippen LogP contribution in [0.4, 0.5) is 13.2 Å². The molecule has 0 unspecified atom stereocenters. The van der Waals surface area contributed by atoms with Gasteiger partial charge in [-0.1, -0.05) is 0 Å². The number of carbonyl (C=O) groups excluding carboxylic acids is 1. The number of aliphatic carboxylic acids is 1. The minimum absolute atomic E-state index is 0.0104. The highest BCUT2D eigenvalue weighted by Crippen LogP contribution is 2.37. The molecule has 0 saturated carbocycles. The van der Waals surface area contributed by atoms with Crippen LogP contribution in [0.3, 0.4) is 0 Å². The van der Waals surface area contributed by atoms with Crippen LogP contribution in [0, 0.1) is 6.92 Å². The number of hydrogen-bond acceptors (Lipinski definition) is 5. The average molecular weight is 432 g/mol. The molecule has 168 valence electrons. The summed E-state index contributed by atoms with van der Waals surface area (Å²) in [6.45, 7) is 6.68. The van der Waals surface area contributed by atoms with Crippen LogP contribution >= 0.6 is 0 Å². The van der Waals surface area contributed by atoms with Crippen LogP contribution in [-0.4, -0.2) is 77.4 Å². The van der Waals surface area contributed by atoms with E-state index in [1.54, 1.807) is 6.26 Å². The SMILES string of the molecule is Cc1ccoc1C(=O)N1CC[C@@]2(C[C@@H](N3CCCC3)CCO2)C1.O=C(O)C(F)(F)F. The van der Waals surface area contributed by atoms with Crippen molar-refractivity contribution in [3.8, 4) is 0 Å². The molecule has 0 bridgehead atoms. The van der Waals surface area contributed by atoms with Gasteiger partial charge in [-0.3, -0.25) is 4.79 Å². The number of ether oxygens (including phenoxy) is 1. The van der Waals surface area contributed by atoms with Gasteiger partial charge in [-0.05, 0) is 58.2 Å². The lowest BCUT2D eigenvalue weighted by Gasteiger charge is -2.41. The molecule has 0 aliphatic carbocycles. The first-order valence-corrected chi connectivity index (χ1v) is 10.1. The van der Waals surface area contributed by atoms with Gasteiger partial charge in [0.15, 0.2) is 5.76 Å². The highest BCUT2D eigenvalue weighted by atomic mass is 19.4. The summed E-state index contributed by atoms with van der Waals surface area (Å²) in [6, 6.07) is 2.48. The van der Waals surface area contributed by atoms with Crippen molar-refractivity contribution in [1.29, 1.82) is 0 Å². The summed E-state index contributed by atoms with van der Waals surface area (Å²) in [7, 11) is 0. The fourth-order valence-electron chi connectivity index (χ4n) is 4.46. The molecule has 1 aromatic heterocycles. The second-order valence-electron chi connectivity index (χ2n) is 8.13. The molecule has 2 atom stereocenters. The smallest absolute Gasteiger partial charge is 0.475 e. The van der Waals surface area contributed by atoms with Gasteiger partial charge in [-0.15, -0.1) is 0 Å². The first kappa shape index (κ1) is 22.6. The molecule has 3 saturated heterocycles. The summed E-state index contributed by atoms with van der Waals surface area (Å²) in [4.78, 5) is 26.1. The largest absolute Gasteiger partial charge is 0.490 e. The lowest BCUT2D eigenvalue weighted by Crippen LogP contribution is -2.49. The zero-order valence-electron chi connectivity index (χ0n) is 16.9. The van der Waals surface area contributed by atoms with E-state index >= 15 is 0 Å². The zero-order valence-corrected chi connectivity index (χ0v) is 16.9. The number of likely N-dealkylation sites (tertiary alicyclic amines) is 2. The second-order valence-corrected chi connectivity index (χ2v) is 8.13. The van der Waals surface area contributed by atoms with Gasteiger partial charge in [0.2, 0.25) is 0 Å². The Labute approximate surface area is 172 Å². The summed E-state index contributed by atoms with van der Waals surface area (Å²) >= 11 is 0. The fraction of sp³-hybridized carbons (Fsp3) is 0.700. The number of carbonyl (C=O) groups is 2. The van der Waals surface area contributed by atoms with E-state index in [9.17, 15) is 18.0 Å². The van der Waals surface area contributed by atoms with Crippen molar-refractivity contribution in [2.75, 3.05) is 32.8 Å². The third-order valence-electron chi connectivity index (χ3n) is 6.03. The number of amides is 1. The number of halogens is 3. The molecule has 4 rings (SSSR count). The maximum Gasteiger partial charge on any atom is 0.490 e. The van der Waals surface area contributed by atoms with Crippen molar-refractivity contribution in [3.05, 3.63) is 23.7 Å². The number of furan rings is 1. The first-order valence-electron chi connectivity index (χ1n) is 10.1. The molecular weight excluding hydrogens is 405 g/mol. The predicted octanol–water partition coefficient (Wildman–Crippen LogP) is 3.08. The second kappa shape index (κ2) is 8.97. The Morgan fingerprint density at radius 1 is 1.23 bits per heavy atom. The van der Waals surface area contributed by atoms with Gasteiger partial charge < -0.3 is 24.1 Å². The summed E-state index contributed by atoms with van der Waals surface area (Å²) in [6.07, 6.45) is 2.30. The number of carboxylic acids is 1. The van der Waals surface area contributed by atoms with E-state index in [-0.39, 0.29) is 11.5 Å². The maximum absolute atomic E-state index is 12.7. The molecule has 4 heterocycles. The molecule has 3 fully saturated rings. The number of alkyl halides is 3. The number of nitrogens with zero attached hydrogens (tertiary/aromatic N) is 2. The van der Waals surface area contributed by atoms with Crippen LogP contribution in [0.5, 0.6) is 0 Å². The van der Waals surface area contributed by atoms with E-state index in [2.05, 4.69) is 4.90 Å². The summed E-state index contributed by atoms with van der Waals surface area (Å²) in [5, 5.41) is 7.12. The topological polar surface area (TPSA) is 83.2 Å². The standard InChI is InChI=1S/C18H26N2O3.C2HF3O2/c1-14-4-10-22-16(14)17(21)20-9-6-18(13-20)12-15(5-11-23-18)19-7-2-3-8-19;3-2(4,5)1(6)7/h4,10,15H,2-3,5-9,11-13H2,1H3;(H,6,7)/t15-,18+;/m0./s1. The van der Waals surface area contributed by atoms with E-state index in [1.165, 1.54) is 25.9 Å². The number of hydrogen-bond donors (Lipinski definition) is 1. The third-order valence-corrected chi connectivity index (χ3v) is 6.03. The average Bonchev–Trinajstić information content (AvgIpc) is 3.43. The van der Waals surface area contributed by atoms with E-state index < -0.39 is 12.1 Å². The van der Waals surface area contributed by atoms with Crippen LogP contribution in [0.2, 0.25) is 0 Å². The van der Waals surface area contributed by atoms with Crippen molar-refractivity contribution in [2.24, 2.45) is 0 Å². The van der Waals surface area contributed by atoms with Crippen LogP contribution in [0.25, 0.3) is 0 Å². The molecule has 1 amide bonds. The Morgan fingerprint density at radius 2 is 1.90 bits per heavy atom. The molecule has 3 aliphatic rings. The van der Waals surface area contributed by atoms with Gasteiger partial charge >= 0.3 is 12.1 Å². The van der Waals surface area contributed by atoms with Crippen molar-refractivity contribution in [3.63, 3.8) is 0 Å². The molecule has 3 aliphatic heterocycles. The van der Waals surface area contributed by atoms with E-state index in [4.69, 9.17) is 19.1 Å². The summed E-state index contributed by atoms with van der Waals surface area (Å²) < 4.78 is 43.3. The highest BCUT2D eigenvalue weighted by molar-refractivity contribution is 5.93. The molecule has 1 aromatic rings. The molecule has 1 N–H and O–H groups in total. The van der Waals surface area contributed by atoms with Crippen LogP contribution in [0.15, 0.2) is 16.7 Å². The normalized spacial score (nSPS) is 27.2. The number of rotatable bonds is 2. The Hall–Kier alpha value is -2.07. The third kappa shape index (κ3) is 5.15. The fourth-order valence-corrected chi connectivity index (χ4v) is 4.46. The van der Waals surface area contributed by atoms with Gasteiger partial charge in [0.25, 0.3) is 5.91 Å². The number of carboxylic acid groups (broad SMARTS) is 1.